The van der Waals surface area contributed by atoms with Gasteiger partial charge in [-0.1, -0.05) is 50.2 Å². The Labute approximate surface area is 224 Å². The van der Waals surface area contributed by atoms with Crippen LogP contribution in [0.4, 0.5) is 0 Å². The Hall–Kier alpha value is -3.10. The van der Waals surface area contributed by atoms with E-state index in [0.717, 1.165) is 55.5 Å². The Morgan fingerprint density at radius 1 is 1.13 bits per heavy atom. The number of carbonyl (C=O) groups excluding carboxylic acids is 1. The number of hydrogen-bond acceptors (Lipinski definition) is 7. The molecule has 8 heteroatoms. The highest BCUT2D eigenvalue weighted by atomic mass is 16.5. The van der Waals surface area contributed by atoms with Crippen molar-refractivity contribution < 1.29 is 14.4 Å². The van der Waals surface area contributed by atoms with E-state index in [-0.39, 0.29) is 23.3 Å². The SMILES string of the molecule is CC(=O)N[C@H]1CC[C@@H](c2nc(-c3cncc([C@@](O)(c4ccc(C(C)C)cc4)C4(C)CN(C)C4)c3)no2)CC1. The van der Waals surface area contributed by atoms with E-state index in [2.05, 4.69) is 72.4 Å². The molecule has 2 fully saturated rings. The maximum absolute atomic E-state index is 12.5. The smallest absolute Gasteiger partial charge is 0.230 e. The second-order valence-electron chi connectivity index (χ2n) is 11.9. The molecule has 1 aliphatic carbocycles. The highest BCUT2D eigenvalue weighted by Gasteiger charge is 2.55. The van der Waals surface area contributed by atoms with Crippen molar-refractivity contribution in [2.24, 2.45) is 5.41 Å². The molecule has 2 N–H and O–H groups in total. The number of rotatable bonds is 7. The largest absolute Gasteiger partial charge is 0.380 e. The van der Waals surface area contributed by atoms with Gasteiger partial charge >= 0.3 is 0 Å². The zero-order chi connectivity index (χ0) is 27.1. The van der Waals surface area contributed by atoms with Gasteiger partial charge in [-0.3, -0.25) is 9.78 Å². The third-order valence-corrected chi connectivity index (χ3v) is 8.45. The highest BCUT2D eigenvalue weighted by molar-refractivity contribution is 5.73. The minimum Gasteiger partial charge on any atom is -0.380 e. The molecule has 3 aromatic rings. The number of likely N-dealkylation sites (tertiary alicyclic amines) is 1. The first-order valence-corrected chi connectivity index (χ1v) is 13.7. The summed E-state index contributed by atoms with van der Waals surface area (Å²) in [6.45, 7) is 9.58. The molecule has 2 aliphatic rings. The molecule has 0 radical (unpaired) electrons. The number of carbonyl (C=O) groups is 1. The normalized spacial score (nSPS) is 23.0. The maximum Gasteiger partial charge on any atom is 0.230 e. The fourth-order valence-electron chi connectivity index (χ4n) is 6.40. The Balaban J connectivity index is 1.43. The van der Waals surface area contributed by atoms with Crippen LogP contribution in [0.2, 0.25) is 0 Å². The molecule has 38 heavy (non-hydrogen) atoms. The quantitative estimate of drug-likeness (QED) is 0.472. The minimum absolute atomic E-state index is 0.0131. The van der Waals surface area contributed by atoms with Gasteiger partial charge in [0.05, 0.1) is 0 Å². The second-order valence-corrected chi connectivity index (χ2v) is 11.9. The van der Waals surface area contributed by atoms with Gasteiger partial charge in [0.2, 0.25) is 17.6 Å². The third-order valence-electron chi connectivity index (χ3n) is 8.45. The third kappa shape index (κ3) is 4.87. The monoisotopic (exact) mass is 517 g/mol. The van der Waals surface area contributed by atoms with Crippen molar-refractivity contribution in [1.29, 1.82) is 0 Å². The Morgan fingerprint density at radius 2 is 1.82 bits per heavy atom. The molecular weight excluding hydrogens is 478 g/mol. The minimum atomic E-state index is -1.23. The van der Waals surface area contributed by atoms with Gasteiger partial charge in [0.25, 0.3) is 0 Å². The molecule has 5 rings (SSSR count). The van der Waals surface area contributed by atoms with E-state index in [1.807, 2.05) is 6.07 Å². The van der Waals surface area contributed by atoms with Gasteiger partial charge in [0, 0.05) is 60.9 Å². The molecule has 0 spiro atoms. The summed E-state index contributed by atoms with van der Waals surface area (Å²) in [5.74, 6) is 1.71. The summed E-state index contributed by atoms with van der Waals surface area (Å²) < 4.78 is 5.69. The summed E-state index contributed by atoms with van der Waals surface area (Å²) in [4.78, 5) is 22.8. The number of pyridine rings is 1. The topological polar surface area (TPSA) is 104 Å². The summed E-state index contributed by atoms with van der Waals surface area (Å²) in [6.07, 6.45) is 7.06. The lowest BCUT2D eigenvalue weighted by Gasteiger charge is -2.55. The van der Waals surface area contributed by atoms with E-state index in [9.17, 15) is 9.90 Å². The molecule has 3 heterocycles. The van der Waals surface area contributed by atoms with E-state index in [1.54, 1.807) is 19.3 Å². The van der Waals surface area contributed by atoms with Gasteiger partial charge < -0.3 is 19.8 Å². The maximum atomic E-state index is 12.5. The Morgan fingerprint density at radius 3 is 2.42 bits per heavy atom. The molecule has 2 aromatic heterocycles. The van der Waals surface area contributed by atoms with Gasteiger partial charge in [0.1, 0.15) is 5.60 Å². The van der Waals surface area contributed by atoms with Crippen molar-refractivity contribution in [3.05, 3.63) is 65.3 Å². The molecule has 8 nitrogen and oxygen atoms in total. The molecule has 1 aromatic carbocycles. The Kier molecular flexibility index (Phi) is 7.13. The molecule has 0 bridgehead atoms. The van der Waals surface area contributed by atoms with E-state index < -0.39 is 5.60 Å². The molecular formula is C30H39N5O3. The predicted molar refractivity (Wildman–Crippen MR) is 145 cm³/mol. The van der Waals surface area contributed by atoms with Crippen molar-refractivity contribution in [3.8, 4) is 11.4 Å². The van der Waals surface area contributed by atoms with Crippen LogP contribution in [0.15, 0.2) is 47.2 Å². The van der Waals surface area contributed by atoms with Crippen molar-refractivity contribution in [2.75, 3.05) is 20.1 Å². The van der Waals surface area contributed by atoms with Crippen LogP contribution in [0, 0.1) is 5.41 Å². The summed E-state index contributed by atoms with van der Waals surface area (Å²) in [5, 5.41) is 19.8. The Bertz CT molecular complexity index is 1270. The van der Waals surface area contributed by atoms with E-state index in [4.69, 9.17) is 9.51 Å². The van der Waals surface area contributed by atoms with Gasteiger partial charge in [-0.05, 0) is 55.8 Å². The highest BCUT2D eigenvalue weighted by Crippen LogP contribution is 2.50. The molecule has 1 saturated heterocycles. The van der Waals surface area contributed by atoms with E-state index >= 15 is 0 Å². The van der Waals surface area contributed by atoms with Crippen LogP contribution >= 0.6 is 0 Å². The number of nitrogens with one attached hydrogen (secondary N) is 1. The standard InChI is InChI=1S/C30H39N5O3/c1-19(2)21-6-10-24(11-7-21)30(37,29(4)17-35(5)18-29)25-14-23(15-31-16-25)27-33-28(38-34-27)22-8-12-26(13-9-22)32-20(3)36/h6-7,10-11,14-16,19,22,26,37H,8-9,12-13,17-18H2,1-5H3,(H,32,36)/t22-,26+,30-/m0/s1. The lowest BCUT2D eigenvalue weighted by Crippen LogP contribution is -2.63. The average molecular weight is 518 g/mol. The van der Waals surface area contributed by atoms with Crippen LogP contribution in [0.3, 0.4) is 0 Å². The number of hydrogen-bond donors (Lipinski definition) is 2. The molecule has 0 unspecified atom stereocenters. The predicted octanol–water partition coefficient (Wildman–Crippen LogP) is 4.60. The molecule has 202 valence electrons. The van der Waals surface area contributed by atoms with Crippen molar-refractivity contribution in [3.63, 3.8) is 0 Å². The number of amides is 1. The first kappa shape index (κ1) is 26.5. The first-order chi connectivity index (χ1) is 18.1. The van der Waals surface area contributed by atoms with Gasteiger partial charge in [0.15, 0.2) is 0 Å². The number of nitrogens with zero attached hydrogens (tertiary/aromatic N) is 4. The summed E-state index contributed by atoms with van der Waals surface area (Å²) in [5.41, 5.74) is 1.94. The zero-order valence-corrected chi connectivity index (χ0v) is 23.1. The fraction of sp³-hybridized carbons (Fsp3) is 0.533. The van der Waals surface area contributed by atoms with Crippen LogP contribution in [0.5, 0.6) is 0 Å². The fourth-order valence-corrected chi connectivity index (χ4v) is 6.40. The lowest BCUT2D eigenvalue weighted by atomic mass is 9.62. The summed E-state index contributed by atoms with van der Waals surface area (Å²) in [7, 11) is 2.07. The van der Waals surface area contributed by atoms with Crippen LogP contribution < -0.4 is 5.32 Å². The lowest BCUT2D eigenvalue weighted by molar-refractivity contribution is -0.127. The first-order valence-electron chi connectivity index (χ1n) is 13.7. The van der Waals surface area contributed by atoms with Crippen LogP contribution in [-0.2, 0) is 10.4 Å². The van der Waals surface area contributed by atoms with Crippen molar-refractivity contribution in [1.82, 2.24) is 25.3 Å². The second kappa shape index (κ2) is 10.2. The van der Waals surface area contributed by atoms with Crippen LogP contribution in [-0.4, -0.2) is 57.2 Å². The zero-order valence-electron chi connectivity index (χ0n) is 23.1. The molecule has 1 amide bonds. The molecule has 1 atom stereocenters. The van der Waals surface area contributed by atoms with Gasteiger partial charge in [-0.2, -0.15) is 4.98 Å². The average Bonchev–Trinajstić information content (AvgIpc) is 3.38. The van der Waals surface area contributed by atoms with Crippen molar-refractivity contribution in [2.45, 2.75) is 76.9 Å². The van der Waals surface area contributed by atoms with Gasteiger partial charge in [-0.15, -0.1) is 0 Å². The number of benzene rings is 1. The summed E-state index contributed by atoms with van der Waals surface area (Å²) >= 11 is 0. The van der Waals surface area contributed by atoms with Crippen molar-refractivity contribution >= 4 is 5.91 Å². The number of aliphatic hydroxyl groups is 1. The molecule has 1 aliphatic heterocycles. The van der Waals surface area contributed by atoms with Crippen LogP contribution in [0.25, 0.3) is 11.4 Å². The van der Waals surface area contributed by atoms with E-state index in [1.165, 1.54) is 5.56 Å². The van der Waals surface area contributed by atoms with Crippen LogP contribution in [0.1, 0.15) is 87.8 Å². The molecule has 1 saturated carbocycles. The van der Waals surface area contributed by atoms with Gasteiger partial charge in [-0.25, -0.2) is 0 Å². The van der Waals surface area contributed by atoms with E-state index in [0.29, 0.717) is 17.6 Å². The number of aromatic nitrogens is 3. The summed E-state index contributed by atoms with van der Waals surface area (Å²) in [6, 6.07) is 10.5.